The minimum Gasteiger partial charge on any atom is -0.468 e. The first kappa shape index (κ1) is 19.8. The van der Waals surface area contributed by atoms with Crippen LogP contribution in [-0.2, 0) is 36.4 Å². The van der Waals surface area contributed by atoms with E-state index in [2.05, 4.69) is 0 Å². The van der Waals surface area contributed by atoms with Crippen LogP contribution in [0.4, 0.5) is 0 Å². The molecular weight excluding hydrogens is 365 g/mol. The molecule has 0 aromatic heterocycles. The highest BCUT2D eigenvalue weighted by atomic mass is 31.2. The molecule has 7 heteroatoms. The van der Waals surface area contributed by atoms with Gasteiger partial charge in [-0.15, -0.1) is 0 Å². The molecule has 0 bridgehead atoms. The highest BCUT2D eigenvalue weighted by Crippen LogP contribution is 2.56. The third-order valence-corrected chi connectivity index (χ3v) is 6.51. The Morgan fingerprint density at radius 2 is 1.52 bits per heavy atom. The SMILES string of the molecule is COC(=O)[C@@H]1CCCN1P(=O)(OCc1ccccc1)OCc1ccccc1. The van der Waals surface area contributed by atoms with Gasteiger partial charge in [0.15, 0.2) is 0 Å². The number of carbonyl (C=O) groups excluding carboxylic acids is 1. The first-order valence-electron chi connectivity index (χ1n) is 8.94. The number of methoxy groups -OCH3 is 1. The number of nitrogens with zero attached hydrogens (tertiary/aromatic N) is 1. The number of hydrogen-bond acceptors (Lipinski definition) is 5. The third kappa shape index (κ3) is 5.05. The van der Waals surface area contributed by atoms with Gasteiger partial charge in [0.2, 0.25) is 0 Å². The second-order valence-electron chi connectivity index (χ2n) is 6.33. The van der Waals surface area contributed by atoms with Crippen LogP contribution in [0.2, 0.25) is 0 Å². The van der Waals surface area contributed by atoms with Crippen molar-refractivity contribution in [2.24, 2.45) is 0 Å². The van der Waals surface area contributed by atoms with E-state index in [4.69, 9.17) is 13.8 Å². The Hall–Kier alpha value is -1.98. The van der Waals surface area contributed by atoms with Crippen molar-refractivity contribution in [3.05, 3.63) is 71.8 Å². The van der Waals surface area contributed by atoms with Gasteiger partial charge in [0, 0.05) is 6.54 Å². The maximum Gasteiger partial charge on any atom is 0.409 e. The largest absolute Gasteiger partial charge is 0.468 e. The Balaban J connectivity index is 1.78. The fourth-order valence-electron chi connectivity index (χ4n) is 3.07. The fourth-order valence-corrected chi connectivity index (χ4v) is 5.00. The summed E-state index contributed by atoms with van der Waals surface area (Å²) in [6.45, 7) is 0.731. The molecule has 0 amide bonds. The van der Waals surface area contributed by atoms with Crippen molar-refractivity contribution in [1.29, 1.82) is 0 Å². The van der Waals surface area contributed by atoms with Crippen molar-refractivity contribution in [1.82, 2.24) is 4.67 Å². The van der Waals surface area contributed by atoms with E-state index in [1.807, 2.05) is 60.7 Å². The van der Waals surface area contributed by atoms with Gasteiger partial charge in [-0.05, 0) is 24.0 Å². The fraction of sp³-hybridized carbons (Fsp3) is 0.350. The van der Waals surface area contributed by atoms with Gasteiger partial charge in [-0.1, -0.05) is 60.7 Å². The molecule has 0 N–H and O–H groups in total. The predicted molar refractivity (Wildman–Crippen MR) is 102 cm³/mol. The van der Waals surface area contributed by atoms with E-state index in [0.717, 1.165) is 17.5 Å². The molecule has 3 rings (SSSR count). The van der Waals surface area contributed by atoms with E-state index in [9.17, 15) is 9.36 Å². The van der Waals surface area contributed by atoms with Gasteiger partial charge in [-0.2, -0.15) is 4.67 Å². The second-order valence-corrected chi connectivity index (χ2v) is 8.30. The molecule has 144 valence electrons. The van der Waals surface area contributed by atoms with Crippen molar-refractivity contribution in [3.8, 4) is 0 Å². The molecule has 27 heavy (non-hydrogen) atoms. The highest BCUT2D eigenvalue weighted by Gasteiger charge is 2.45. The van der Waals surface area contributed by atoms with Crippen LogP contribution in [0, 0.1) is 0 Å². The van der Waals surface area contributed by atoms with Crippen LogP contribution >= 0.6 is 7.75 Å². The smallest absolute Gasteiger partial charge is 0.409 e. The molecule has 1 heterocycles. The third-order valence-electron chi connectivity index (χ3n) is 4.49. The van der Waals surface area contributed by atoms with E-state index in [0.29, 0.717) is 13.0 Å². The molecule has 6 nitrogen and oxygen atoms in total. The van der Waals surface area contributed by atoms with Crippen LogP contribution in [0.25, 0.3) is 0 Å². The molecule has 2 aromatic carbocycles. The zero-order chi connectivity index (χ0) is 19.1. The summed E-state index contributed by atoms with van der Waals surface area (Å²) in [6.07, 6.45) is 1.30. The van der Waals surface area contributed by atoms with Gasteiger partial charge in [0.25, 0.3) is 0 Å². The standard InChI is InChI=1S/C20H24NO5P/c1-24-20(22)19-13-8-14-21(19)27(23,25-15-17-9-4-2-5-10-17)26-16-18-11-6-3-7-12-18/h2-7,9-12,19H,8,13-16H2,1H3/t19-/m0/s1. The van der Waals surface area contributed by atoms with Gasteiger partial charge in [-0.25, -0.2) is 4.57 Å². The average molecular weight is 389 g/mol. The lowest BCUT2D eigenvalue weighted by atomic mass is 10.2. The van der Waals surface area contributed by atoms with Crippen LogP contribution in [0.3, 0.4) is 0 Å². The van der Waals surface area contributed by atoms with Crippen molar-refractivity contribution in [2.45, 2.75) is 32.1 Å². The molecular formula is C20H24NO5P. The molecule has 1 fully saturated rings. The summed E-state index contributed by atoms with van der Waals surface area (Å²) in [4.78, 5) is 12.1. The van der Waals surface area contributed by atoms with Crippen LogP contribution < -0.4 is 0 Å². The lowest BCUT2D eigenvalue weighted by molar-refractivity contribution is -0.144. The van der Waals surface area contributed by atoms with E-state index in [-0.39, 0.29) is 13.2 Å². The predicted octanol–water partition coefficient (Wildman–Crippen LogP) is 4.17. The maximum absolute atomic E-state index is 13.7. The van der Waals surface area contributed by atoms with E-state index in [1.165, 1.54) is 11.8 Å². The second kappa shape index (κ2) is 9.29. The van der Waals surface area contributed by atoms with E-state index in [1.54, 1.807) is 0 Å². The quantitative estimate of drug-likeness (QED) is 0.499. The lowest BCUT2D eigenvalue weighted by Crippen LogP contribution is -2.35. The highest BCUT2D eigenvalue weighted by molar-refractivity contribution is 7.51. The molecule has 0 unspecified atom stereocenters. The van der Waals surface area contributed by atoms with Crippen LogP contribution in [0.5, 0.6) is 0 Å². The molecule has 0 spiro atoms. The van der Waals surface area contributed by atoms with Crippen molar-refractivity contribution >= 4 is 13.7 Å². The monoisotopic (exact) mass is 389 g/mol. The number of hydrogen-bond donors (Lipinski definition) is 0. The molecule has 1 saturated heterocycles. The summed E-state index contributed by atoms with van der Waals surface area (Å²) in [7, 11) is -2.36. The van der Waals surface area contributed by atoms with Crippen LogP contribution in [0.15, 0.2) is 60.7 Å². The summed E-state index contributed by atoms with van der Waals surface area (Å²) >= 11 is 0. The van der Waals surface area contributed by atoms with Gasteiger partial charge in [-0.3, -0.25) is 13.8 Å². The Morgan fingerprint density at radius 3 is 2.00 bits per heavy atom. The molecule has 1 atom stereocenters. The van der Waals surface area contributed by atoms with Gasteiger partial charge in [0.1, 0.15) is 6.04 Å². The topological polar surface area (TPSA) is 65.1 Å². The summed E-state index contributed by atoms with van der Waals surface area (Å²) < 4.78 is 31.7. The summed E-state index contributed by atoms with van der Waals surface area (Å²) in [5, 5.41) is 0. The number of carbonyl (C=O) groups is 1. The summed E-state index contributed by atoms with van der Waals surface area (Å²) in [5.74, 6) is -0.417. The normalized spacial score (nSPS) is 17.7. The Bertz CT molecular complexity index is 736. The Labute approximate surface area is 159 Å². The first-order chi connectivity index (χ1) is 13.1. The summed E-state index contributed by atoms with van der Waals surface area (Å²) in [6, 6.07) is 18.3. The van der Waals surface area contributed by atoms with E-state index >= 15 is 0 Å². The molecule has 2 aromatic rings. The first-order valence-corrected chi connectivity index (χ1v) is 10.4. The number of rotatable bonds is 8. The Morgan fingerprint density at radius 1 is 1.00 bits per heavy atom. The molecule has 1 aliphatic rings. The number of esters is 1. The van der Waals surface area contributed by atoms with Gasteiger partial charge < -0.3 is 4.74 Å². The van der Waals surface area contributed by atoms with Crippen molar-refractivity contribution in [2.75, 3.05) is 13.7 Å². The zero-order valence-electron chi connectivity index (χ0n) is 15.3. The minimum absolute atomic E-state index is 0.136. The van der Waals surface area contributed by atoms with Gasteiger partial charge in [0.05, 0.1) is 20.3 Å². The minimum atomic E-state index is -3.69. The molecule has 0 aliphatic carbocycles. The molecule has 0 saturated carbocycles. The molecule has 0 radical (unpaired) electrons. The number of benzene rings is 2. The van der Waals surface area contributed by atoms with Crippen molar-refractivity contribution in [3.63, 3.8) is 0 Å². The van der Waals surface area contributed by atoms with Crippen LogP contribution in [0.1, 0.15) is 24.0 Å². The lowest BCUT2D eigenvalue weighted by Gasteiger charge is -2.30. The average Bonchev–Trinajstić information content (AvgIpc) is 3.22. The Kier molecular flexibility index (Phi) is 6.80. The van der Waals surface area contributed by atoms with Crippen molar-refractivity contribution < 1.29 is 23.1 Å². The number of ether oxygens (including phenoxy) is 1. The zero-order valence-corrected chi connectivity index (χ0v) is 16.2. The summed E-state index contributed by atoms with van der Waals surface area (Å²) in [5.41, 5.74) is 1.77. The van der Waals surface area contributed by atoms with E-state index < -0.39 is 19.8 Å². The maximum atomic E-state index is 13.7. The molecule has 1 aliphatic heterocycles. The van der Waals surface area contributed by atoms with Gasteiger partial charge >= 0.3 is 13.7 Å². The van der Waals surface area contributed by atoms with Crippen LogP contribution in [-0.4, -0.2) is 30.3 Å².